The summed E-state index contributed by atoms with van der Waals surface area (Å²) >= 11 is 0. The zero-order chi connectivity index (χ0) is 14.8. The van der Waals surface area contributed by atoms with E-state index < -0.39 is 27.6 Å². The summed E-state index contributed by atoms with van der Waals surface area (Å²) in [6.07, 6.45) is 5.23. The predicted molar refractivity (Wildman–Crippen MR) is 72.8 cm³/mol. The molecule has 2 aliphatic rings. The number of nitrogens with one attached hydrogen (secondary N) is 1. The Kier molecular flexibility index (Phi) is 4.47. The Balaban J connectivity index is 1.94. The van der Waals surface area contributed by atoms with E-state index in [-0.39, 0.29) is 23.5 Å². The standard InChI is InChI=1S/C13H19NO5S/c15-12(10-3-1-2-4-11(10)13(16)17)14-9-5-7-20(18,19)8-6-9/h1-2,9-11H,3-8H2,(H,14,15)(H,16,17)/t10-,11+/m1/s1. The van der Waals surface area contributed by atoms with Gasteiger partial charge in [0.2, 0.25) is 5.91 Å². The van der Waals surface area contributed by atoms with Crippen LogP contribution in [-0.2, 0) is 19.4 Å². The maximum Gasteiger partial charge on any atom is 0.307 e. The molecule has 0 aromatic heterocycles. The third kappa shape index (κ3) is 3.59. The van der Waals surface area contributed by atoms with Gasteiger partial charge in [-0.3, -0.25) is 9.59 Å². The Morgan fingerprint density at radius 2 is 1.60 bits per heavy atom. The predicted octanol–water partition coefficient (Wildman–Crippen LogP) is 0.347. The molecule has 20 heavy (non-hydrogen) atoms. The van der Waals surface area contributed by atoms with E-state index in [2.05, 4.69) is 5.32 Å². The van der Waals surface area contributed by atoms with Gasteiger partial charge < -0.3 is 10.4 Å². The molecule has 1 amide bonds. The molecular formula is C13H19NO5S. The first kappa shape index (κ1) is 15.0. The van der Waals surface area contributed by atoms with Gasteiger partial charge in [0.15, 0.2) is 0 Å². The van der Waals surface area contributed by atoms with Crippen molar-refractivity contribution in [2.75, 3.05) is 11.5 Å². The lowest BCUT2D eigenvalue weighted by atomic mass is 9.82. The van der Waals surface area contributed by atoms with Crippen LogP contribution < -0.4 is 5.32 Å². The van der Waals surface area contributed by atoms with Crippen molar-refractivity contribution in [2.45, 2.75) is 31.7 Å². The van der Waals surface area contributed by atoms with Gasteiger partial charge in [-0.1, -0.05) is 12.2 Å². The largest absolute Gasteiger partial charge is 0.481 e. The van der Waals surface area contributed by atoms with Crippen LogP contribution >= 0.6 is 0 Å². The van der Waals surface area contributed by atoms with Crippen molar-refractivity contribution in [1.29, 1.82) is 0 Å². The fourth-order valence-electron chi connectivity index (χ4n) is 2.72. The number of sulfone groups is 1. The number of allylic oxidation sites excluding steroid dienone is 2. The molecule has 0 saturated carbocycles. The third-order valence-electron chi connectivity index (χ3n) is 3.99. The highest BCUT2D eigenvalue weighted by molar-refractivity contribution is 7.91. The second-order valence-corrected chi connectivity index (χ2v) is 7.73. The highest BCUT2D eigenvalue weighted by Crippen LogP contribution is 2.26. The summed E-state index contributed by atoms with van der Waals surface area (Å²) in [7, 11) is -2.96. The van der Waals surface area contributed by atoms with E-state index in [9.17, 15) is 18.0 Å². The lowest BCUT2D eigenvalue weighted by molar-refractivity contribution is -0.147. The van der Waals surface area contributed by atoms with Crippen molar-refractivity contribution in [3.8, 4) is 0 Å². The van der Waals surface area contributed by atoms with Gasteiger partial charge in [0.25, 0.3) is 0 Å². The lowest BCUT2D eigenvalue weighted by Crippen LogP contribution is -2.46. The average Bonchev–Trinajstić information content (AvgIpc) is 2.41. The molecule has 2 atom stereocenters. The quantitative estimate of drug-likeness (QED) is 0.732. The van der Waals surface area contributed by atoms with Gasteiger partial charge in [-0.2, -0.15) is 0 Å². The zero-order valence-corrected chi connectivity index (χ0v) is 11.9. The smallest absolute Gasteiger partial charge is 0.307 e. The van der Waals surface area contributed by atoms with Crippen LogP contribution in [0.25, 0.3) is 0 Å². The van der Waals surface area contributed by atoms with E-state index in [4.69, 9.17) is 5.11 Å². The molecule has 1 aliphatic heterocycles. The Labute approximate surface area is 118 Å². The Bertz CT molecular complexity index is 511. The van der Waals surface area contributed by atoms with Crippen LogP contribution in [0.5, 0.6) is 0 Å². The number of carboxylic acid groups (broad SMARTS) is 1. The molecule has 0 unspecified atom stereocenters. The van der Waals surface area contributed by atoms with Gasteiger partial charge >= 0.3 is 5.97 Å². The summed E-state index contributed by atoms with van der Waals surface area (Å²) in [5.74, 6) is -2.30. The number of hydrogen-bond acceptors (Lipinski definition) is 4. The molecule has 0 radical (unpaired) electrons. The van der Waals surface area contributed by atoms with Gasteiger partial charge in [-0.25, -0.2) is 8.42 Å². The van der Waals surface area contributed by atoms with E-state index in [0.717, 1.165) is 0 Å². The normalized spacial score (nSPS) is 29.8. The van der Waals surface area contributed by atoms with E-state index in [1.807, 2.05) is 6.08 Å². The molecule has 0 spiro atoms. The molecule has 6 nitrogen and oxygen atoms in total. The van der Waals surface area contributed by atoms with Crippen molar-refractivity contribution in [3.63, 3.8) is 0 Å². The molecule has 2 N–H and O–H groups in total. The zero-order valence-electron chi connectivity index (χ0n) is 11.1. The Morgan fingerprint density at radius 3 is 2.15 bits per heavy atom. The van der Waals surface area contributed by atoms with Crippen molar-refractivity contribution in [3.05, 3.63) is 12.2 Å². The maximum absolute atomic E-state index is 12.2. The second-order valence-electron chi connectivity index (χ2n) is 5.43. The van der Waals surface area contributed by atoms with Crippen molar-refractivity contribution in [1.82, 2.24) is 5.32 Å². The van der Waals surface area contributed by atoms with Crippen molar-refractivity contribution in [2.24, 2.45) is 11.8 Å². The molecule has 0 aromatic carbocycles. The van der Waals surface area contributed by atoms with Gasteiger partial charge in [-0.05, 0) is 25.7 Å². The SMILES string of the molecule is O=C(O)[C@H]1CC=CC[C@H]1C(=O)NC1CCS(=O)(=O)CC1. The second kappa shape index (κ2) is 5.95. The topological polar surface area (TPSA) is 101 Å². The molecule has 2 rings (SSSR count). The van der Waals surface area contributed by atoms with E-state index in [0.29, 0.717) is 25.7 Å². The fourth-order valence-corrected chi connectivity index (χ4v) is 4.21. The summed E-state index contributed by atoms with van der Waals surface area (Å²) in [5, 5.41) is 11.9. The van der Waals surface area contributed by atoms with E-state index >= 15 is 0 Å². The number of carbonyl (C=O) groups is 2. The highest BCUT2D eigenvalue weighted by atomic mass is 32.2. The van der Waals surface area contributed by atoms with Gasteiger partial charge in [0.1, 0.15) is 9.84 Å². The summed E-state index contributed by atoms with van der Waals surface area (Å²) in [6, 6.07) is -0.161. The summed E-state index contributed by atoms with van der Waals surface area (Å²) in [4.78, 5) is 23.3. The van der Waals surface area contributed by atoms with Crippen molar-refractivity contribution >= 4 is 21.7 Å². The molecule has 1 aliphatic carbocycles. The first-order valence-corrected chi connectivity index (χ1v) is 8.60. The molecule has 1 heterocycles. The molecule has 7 heteroatoms. The van der Waals surface area contributed by atoms with Crippen LogP contribution in [0.2, 0.25) is 0 Å². The number of amides is 1. The maximum atomic E-state index is 12.2. The van der Waals surface area contributed by atoms with Crippen LogP contribution in [0.4, 0.5) is 0 Å². The number of carboxylic acids is 1. The minimum atomic E-state index is -2.96. The van der Waals surface area contributed by atoms with Crippen LogP contribution in [0, 0.1) is 11.8 Å². The van der Waals surface area contributed by atoms with Gasteiger partial charge in [-0.15, -0.1) is 0 Å². The molecule has 112 valence electrons. The highest BCUT2D eigenvalue weighted by Gasteiger charge is 2.35. The average molecular weight is 301 g/mol. The molecule has 0 bridgehead atoms. The Morgan fingerprint density at radius 1 is 1.05 bits per heavy atom. The van der Waals surface area contributed by atoms with Crippen LogP contribution in [0.3, 0.4) is 0 Å². The minimum Gasteiger partial charge on any atom is -0.481 e. The number of carbonyl (C=O) groups excluding carboxylic acids is 1. The first-order chi connectivity index (χ1) is 9.39. The van der Waals surface area contributed by atoms with Crippen molar-refractivity contribution < 1.29 is 23.1 Å². The molecule has 1 fully saturated rings. The summed E-state index contributed by atoms with van der Waals surface area (Å²) < 4.78 is 22.7. The van der Waals surface area contributed by atoms with Gasteiger partial charge in [0, 0.05) is 6.04 Å². The van der Waals surface area contributed by atoms with Crippen LogP contribution in [-0.4, -0.2) is 42.9 Å². The monoisotopic (exact) mass is 301 g/mol. The summed E-state index contributed by atoms with van der Waals surface area (Å²) in [6.45, 7) is 0. The molecule has 0 aromatic rings. The fraction of sp³-hybridized carbons (Fsp3) is 0.692. The Hall–Kier alpha value is -1.37. The summed E-state index contributed by atoms with van der Waals surface area (Å²) in [5.41, 5.74) is 0. The van der Waals surface area contributed by atoms with Gasteiger partial charge in [0.05, 0.1) is 23.3 Å². The lowest BCUT2D eigenvalue weighted by Gasteiger charge is -2.28. The van der Waals surface area contributed by atoms with Crippen LogP contribution in [0.1, 0.15) is 25.7 Å². The number of rotatable bonds is 3. The number of hydrogen-bond donors (Lipinski definition) is 2. The van der Waals surface area contributed by atoms with Crippen LogP contribution in [0.15, 0.2) is 12.2 Å². The molecule has 1 saturated heterocycles. The van der Waals surface area contributed by atoms with E-state index in [1.54, 1.807) is 6.08 Å². The minimum absolute atomic E-state index is 0.0882. The first-order valence-electron chi connectivity index (χ1n) is 6.77. The third-order valence-corrected chi connectivity index (χ3v) is 5.70. The number of aliphatic carboxylic acids is 1. The molecular weight excluding hydrogens is 282 g/mol. The van der Waals surface area contributed by atoms with E-state index in [1.165, 1.54) is 0 Å².